The van der Waals surface area contributed by atoms with Crippen LogP contribution in [0.5, 0.6) is 5.75 Å². The number of hydrogen-bond acceptors (Lipinski definition) is 11. The quantitative estimate of drug-likeness (QED) is 0.187. The van der Waals surface area contributed by atoms with Crippen LogP contribution in [0.3, 0.4) is 0 Å². The summed E-state index contributed by atoms with van der Waals surface area (Å²) in [6, 6.07) is 11.6. The van der Waals surface area contributed by atoms with Gasteiger partial charge in [0.2, 0.25) is 5.60 Å². The summed E-state index contributed by atoms with van der Waals surface area (Å²) >= 11 is 0. The van der Waals surface area contributed by atoms with E-state index in [0.29, 0.717) is 49.9 Å². The highest BCUT2D eigenvalue weighted by Gasteiger charge is 2.80. The molecule has 1 unspecified atom stereocenters. The van der Waals surface area contributed by atoms with Gasteiger partial charge < -0.3 is 38.8 Å². The van der Waals surface area contributed by atoms with E-state index in [-0.39, 0.29) is 17.9 Å². The van der Waals surface area contributed by atoms with E-state index >= 15 is 4.79 Å². The van der Waals surface area contributed by atoms with Gasteiger partial charge in [0.15, 0.2) is 6.10 Å². The Balaban J connectivity index is 1.28. The van der Waals surface area contributed by atoms with Crippen LogP contribution in [0.15, 0.2) is 48.6 Å². The highest BCUT2D eigenvalue weighted by molar-refractivity contribution is 5.90. The van der Waals surface area contributed by atoms with Crippen LogP contribution in [0.1, 0.15) is 81.2 Å². The predicted octanol–water partition coefficient (Wildman–Crippen LogP) is 5.46. The largest absolute Gasteiger partial charge is 0.496 e. The number of aliphatic hydroxyl groups is 1. The molecule has 3 aromatic rings. The van der Waals surface area contributed by atoms with Gasteiger partial charge in [-0.3, -0.25) is 14.5 Å². The second kappa shape index (κ2) is 14.6. The Kier molecular flexibility index (Phi) is 9.73. The van der Waals surface area contributed by atoms with Crippen LogP contribution in [0.4, 0.5) is 5.69 Å². The van der Waals surface area contributed by atoms with Crippen molar-refractivity contribution < 1.29 is 38.4 Å². The van der Waals surface area contributed by atoms with Gasteiger partial charge >= 0.3 is 17.9 Å². The molecular formula is C49H62N4O8. The van der Waals surface area contributed by atoms with E-state index in [4.69, 9.17) is 18.9 Å². The molecule has 12 heteroatoms. The molecule has 2 bridgehead atoms. The summed E-state index contributed by atoms with van der Waals surface area (Å²) in [5.41, 5.74) is 0.709. The maximum absolute atomic E-state index is 15.6. The first kappa shape index (κ1) is 40.7. The minimum absolute atomic E-state index is 0.0881. The third-order valence-electron chi connectivity index (χ3n) is 17.1. The number of esters is 3. The third kappa shape index (κ3) is 5.36. The first-order valence-electron chi connectivity index (χ1n) is 22.7. The summed E-state index contributed by atoms with van der Waals surface area (Å²) in [6.07, 6.45) is 10.9. The number of carbonyl (C=O) groups excluding carboxylic acids is 3. The molecule has 1 spiro atoms. The maximum Gasteiger partial charge on any atom is 0.344 e. The Hall–Kier alpha value is -4.39. The second-order valence-electron chi connectivity index (χ2n) is 19.4. The van der Waals surface area contributed by atoms with E-state index in [1.54, 1.807) is 7.11 Å². The lowest BCUT2D eigenvalue weighted by molar-refractivity contribution is -0.228. The van der Waals surface area contributed by atoms with Crippen molar-refractivity contribution in [3.05, 3.63) is 70.9 Å². The standard InChI is InChI=1S/C49H62N4O8/c1-7-46-19-13-22-53-23-20-47(41(46)53)34-24-35(40(58-4)25-39(34)51(3)42(47)49(57,45(56)60-6)43(46)61-29(2)54)48(44(55)59-5)26-38-33(32-16-10-11-18-37(32)50-38)17-12-21-52-27-30-14-8-9-15-31(30)36(48)28-52/h10-11,13,16,18-19,24-25,30-31,36,41-43,50,57H,7-9,12,14-15,17,20-23,26-28H2,1-6H3/t30-,31-,36-,41-,42+,43+,46+,47+,48-,49-/m0/s1. The molecule has 10 rings (SSSR count). The summed E-state index contributed by atoms with van der Waals surface area (Å²) < 4.78 is 24.4. The van der Waals surface area contributed by atoms with E-state index < -0.39 is 45.9 Å². The number of nitrogens with one attached hydrogen (secondary N) is 1. The fraction of sp³-hybridized carbons (Fsp3) is 0.612. The fourth-order valence-electron chi connectivity index (χ4n) is 15.0. The van der Waals surface area contributed by atoms with Crippen LogP contribution in [0.2, 0.25) is 0 Å². The van der Waals surface area contributed by atoms with Crippen molar-refractivity contribution in [1.29, 1.82) is 0 Å². The number of anilines is 1. The fourth-order valence-corrected chi connectivity index (χ4v) is 15.0. The van der Waals surface area contributed by atoms with Gasteiger partial charge in [-0.25, -0.2) is 4.79 Å². The Morgan fingerprint density at radius 1 is 0.951 bits per heavy atom. The van der Waals surface area contributed by atoms with Crippen LogP contribution in [-0.4, -0.2) is 123 Å². The van der Waals surface area contributed by atoms with E-state index in [2.05, 4.69) is 57.3 Å². The number of rotatable bonds is 6. The lowest BCUT2D eigenvalue weighted by atomic mass is 9.47. The van der Waals surface area contributed by atoms with Crippen LogP contribution in [0, 0.1) is 23.2 Å². The highest BCUT2D eigenvalue weighted by atomic mass is 16.6. The Morgan fingerprint density at radius 3 is 2.49 bits per heavy atom. The van der Waals surface area contributed by atoms with Gasteiger partial charge in [-0.05, 0) is 92.6 Å². The average Bonchev–Trinajstić information content (AvgIpc) is 3.92. The summed E-state index contributed by atoms with van der Waals surface area (Å²) in [7, 11) is 6.40. The zero-order chi connectivity index (χ0) is 42.6. The van der Waals surface area contributed by atoms with Gasteiger partial charge in [-0.2, -0.15) is 0 Å². The topological polar surface area (TPSA) is 134 Å². The molecule has 0 amide bonds. The first-order chi connectivity index (χ1) is 29.4. The number of H-pyrrole nitrogens is 1. The lowest BCUT2D eigenvalue weighted by Gasteiger charge is -2.63. The average molecular weight is 835 g/mol. The summed E-state index contributed by atoms with van der Waals surface area (Å²) in [5.74, 6) is -0.444. The Bertz CT molecular complexity index is 2310. The van der Waals surface area contributed by atoms with E-state index in [1.165, 1.54) is 38.5 Å². The second-order valence-corrected chi connectivity index (χ2v) is 19.4. The molecule has 2 N–H and O–H groups in total. The normalized spacial score (nSPS) is 37.4. The van der Waals surface area contributed by atoms with Crippen LogP contribution >= 0.6 is 0 Å². The number of nitrogens with zero attached hydrogens (tertiary/aromatic N) is 3. The van der Waals surface area contributed by atoms with Gasteiger partial charge in [0.1, 0.15) is 11.2 Å². The minimum atomic E-state index is -2.26. The van der Waals surface area contributed by atoms with Crippen molar-refractivity contribution in [3.63, 3.8) is 0 Å². The SMILES string of the molecule is CC[C@]12C=CCN3CC[C@@]4(c5cc([C@@]6(C(=O)OC)Cc7[nH]c8ccccc8c7CCCN7C[C@@H]8CCCC[C@@H]8[C@@H]6C7)c(OC)cc5N(C)[C@H]4[C@@](O)(C(=O)OC)[C@@H]1OC(C)=O)[C@@H]32. The molecule has 2 aliphatic carbocycles. The summed E-state index contributed by atoms with van der Waals surface area (Å²) in [6.45, 7) is 7.53. The number of aryl methyl sites for hydroxylation is 1. The smallest absolute Gasteiger partial charge is 0.344 e. The van der Waals surface area contributed by atoms with E-state index in [1.807, 2.05) is 24.9 Å². The number of hydrogen-bond donors (Lipinski definition) is 2. The van der Waals surface area contributed by atoms with Gasteiger partial charge in [-0.15, -0.1) is 0 Å². The van der Waals surface area contributed by atoms with Crippen molar-refractivity contribution in [3.8, 4) is 5.75 Å². The Morgan fingerprint density at radius 2 is 1.74 bits per heavy atom. The number of aromatic nitrogens is 1. The molecule has 4 fully saturated rings. The molecule has 11 atom stereocenters. The monoisotopic (exact) mass is 834 g/mol. The molecule has 1 aromatic heterocycles. The van der Waals surface area contributed by atoms with Crippen molar-refractivity contribution in [2.45, 2.75) is 106 Å². The molecule has 5 aliphatic heterocycles. The van der Waals surface area contributed by atoms with Crippen molar-refractivity contribution in [2.24, 2.45) is 23.2 Å². The minimum Gasteiger partial charge on any atom is -0.496 e. The van der Waals surface area contributed by atoms with Crippen LogP contribution < -0.4 is 9.64 Å². The molecule has 7 aliphatic rings. The number of piperidine rings is 1. The van der Waals surface area contributed by atoms with Crippen LogP contribution in [0.25, 0.3) is 10.9 Å². The molecule has 61 heavy (non-hydrogen) atoms. The maximum atomic E-state index is 15.6. The molecule has 2 aromatic carbocycles. The summed E-state index contributed by atoms with van der Waals surface area (Å²) in [4.78, 5) is 54.1. The Labute approximate surface area is 358 Å². The number of para-hydroxylation sites is 1. The zero-order valence-corrected chi connectivity index (χ0v) is 36.6. The molecule has 6 heterocycles. The van der Waals surface area contributed by atoms with Crippen LogP contribution in [-0.2, 0) is 52.3 Å². The van der Waals surface area contributed by atoms with E-state index in [9.17, 15) is 14.7 Å². The summed E-state index contributed by atoms with van der Waals surface area (Å²) in [5, 5.41) is 14.6. The lowest BCUT2D eigenvalue weighted by Crippen LogP contribution is -2.81. The number of methoxy groups -OCH3 is 3. The van der Waals surface area contributed by atoms with Gasteiger partial charge in [-0.1, -0.05) is 50.1 Å². The zero-order valence-electron chi connectivity index (χ0n) is 36.6. The molecule has 12 nitrogen and oxygen atoms in total. The van der Waals surface area contributed by atoms with Gasteiger partial charge in [0, 0.05) is 90.8 Å². The molecule has 2 saturated carbocycles. The van der Waals surface area contributed by atoms with E-state index in [0.717, 1.165) is 79.8 Å². The molecular weight excluding hydrogens is 773 g/mol. The molecule has 0 radical (unpaired) electrons. The number of ether oxygens (including phenoxy) is 4. The molecule has 326 valence electrons. The third-order valence-corrected chi connectivity index (χ3v) is 17.1. The first-order valence-corrected chi connectivity index (χ1v) is 22.7. The number of aromatic amines is 1. The van der Waals surface area contributed by atoms with Crippen molar-refractivity contribution in [1.82, 2.24) is 14.8 Å². The van der Waals surface area contributed by atoms with Crippen molar-refractivity contribution in [2.75, 3.05) is 66.0 Å². The number of fused-ring (bicyclic) bond motifs is 8. The van der Waals surface area contributed by atoms with Crippen molar-refractivity contribution >= 4 is 34.5 Å². The predicted molar refractivity (Wildman–Crippen MR) is 231 cm³/mol. The van der Waals surface area contributed by atoms with Gasteiger partial charge in [0.25, 0.3) is 0 Å². The molecule has 2 saturated heterocycles. The number of likely N-dealkylation sites (N-methyl/N-ethyl adjacent to an activating group) is 1. The van der Waals surface area contributed by atoms with Gasteiger partial charge in [0.05, 0.1) is 27.4 Å². The highest BCUT2D eigenvalue weighted by Crippen LogP contribution is 2.68. The number of carbonyl (C=O) groups is 3. The number of benzene rings is 2.